The fraction of sp³-hybridized carbons (Fsp3) is 0.500. The summed E-state index contributed by atoms with van der Waals surface area (Å²) in [5.41, 5.74) is -0.0368. The van der Waals surface area contributed by atoms with Gasteiger partial charge < -0.3 is 30.0 Å². The lowest BCUT2D eigenvalue weighted by molar-refractivity contribution is -0.200. The number of carbonyl (C=O) groups excluding carboxylic acids is 3. The van der Waals surface area contributed by atoms with Crippen LogP contribution < -0.4 is 15.4 Å². The van der Waals surface area contributed by atoms with Crippen LogP contribution in [0.3, 0.4) is 0 Å². The van der Waals surface area contributed by atoms with Crippen LogP contribution in [0.25, 0.3) is 0 Å². The molecule has 0 unspecified atom stereocenters. The molecule has 2 rings (SSSR count). The standard InChI is InChI=1S/C20H23F3N2O8/c21-20(22,23)19(30)33-9-15(25-16(26)10-31-14-5-7-24-8-6-14)18(29)12-1-3-13(4-2-12)32-11-17(27)28/h1-4,14-15,24H,5-11H2,(H,25,26)(H,27,28)/t15-/m0/s1. The van der Waals surface area contributed by atoms with Crippen molar-refractivity contribution in [3.8, 4) is 5.75 Å². The van der Waals surface area contributed by atoms with Gasteiger partial charge in [0.25, 0.3) is 0 Å². The number of nitrogens with one attached hydrogen (secondary N) is 2. The molecule has 0 saturated carbocycles. The zero-order chi connectivity index (χ0) is 24.4. The maximum absolute atomic E-state index is 12.8. The van der Waals surface area contributed by atoms with Gasteiger partial charge in [0.1, 0.15) is 25.0 Å². The highest BCUT2D eigenvalue weighted by molar-refractivity contribution is 6.02. The first-order valence-corrected chi connectivity index (χ1v) is 9.90. The summed E-state index contributed by atoms with van der Waals surface area (Å²) in [6.07, 6.45) is -4.09. The van der Waals surface area contributed by atoms with E-state index in [2.05, 4.69) is 15.4 Å². The van der Waals surface area contributed by atoms with Gasteiger partial charge in [-0.2, -0.15) is 13.2 Å². The lowest BCUT2D eigenvalue weighted by Crippen LogP contribution is -2.47. The number of rotatable bonds is 11. The first-order valence-electron chi connectivity index (χ1n) is 9.90. The molecule has 10 nitrogen and oxygen atoms in total. The molecule has 1 saturated heterocycles. The van der Waals surface area contributed by atoms with Crippen LogP contribution in [0.5, 0.6) is 5.75 Å². The molecule has 182 valence electrons. The molecule has 0 spiro atoms. The van der Waals surface area contributed by atoms with Gasteiger partial charge in [-0.05, 0) is 50.2 Å². The number of ether oxygens (including phenoxy) is 3. The number of halogens is 3. The summed E-state index contributed by atoms with van der Waals surface area (Å²) in [4.78, 5) is 46.6. The molecule has 0 radical (unpaired) electrons. The number of Topliss-reactive ketones (excluding diaryl/α,β-unsaturated/α-hetero) is 1. The van der Waals surface area contributed by atoms with Crippen molar-refractivity contribution in [3.05, 3.63) is 29.8 Å². The number of amides is 1. The number of esters is 1. The smallest absolute Gasteiger partial charge is 0.482 e. The molecule has 0 aliphatic carbocycles. The van der Waals surface area contributed by atoms with E-state index < -0.39 is 55.7 Å². The maximum atomic E-state index is 12.8. The molecule has 1 atom stereocenters. The van der Waals surface area contributed by atoms with Crippen LogP contribution >= 0.6 is 0 Å². The molecule has 1 aromatic carbocycles. The van der Waals surface area contributed by atoms with E-state index in [1.54, 1.807) is 0 Å². The second-order valence-corrected chi connectivity index (χ2v) is 7.05. The normalized spacial score (nSPS) is 15.4. The first-order chi connectivity index (χ1) is 15.6. The second kappa shape index (κ2) is 12.2. The average Bonchev–Trinajstić information content (AvgIpc) is 2.78. The Hall–Kier alpha value is -3.19. The Morgan fingerprint density at radius 1 is 1.09 bits per heavy atom. The largest absolute Gasteiger partial charge is 0.490 e. The van der Waals surface area contributed by atoms with Crippen molar-refractivity contribution in [3.63, 3.8) is 0 Å². The summed E-state index contributed by atoms with van der Waals surface area (Å²) in [5.74, 6) is -5.18. The number of alkyl halides is 3. The van der Waals surface area contributed by atoms with E-state index in [-0.39, 0.29) is 17.4 Å². The summed E-state index contributed by atoms with van der Waals surface area (Å²) in [7, 11) is 0. The lowest BCUT2D eigenvalue weighted by atomic mass is 10.0. The van der Waals surface area contributed by atoms with Gasteiger partial charge in [-0.3, -0.25) is 9.59 Å². The van der Waals surface area contributed by atoms with Gasteiger partial charge in [-0.25, -0.2) is 9.59 Å². The zero-order valence-corrected chi connectivity index (χ0v) is 17.4. The van der Waals surface area contributed by atoms with Crippen LogP contribution in [-0.4, -0.2) is 80.0 Å². The number of carbonyl (C=O) groups is 4. The highest BCUT2D eigenvalue weighted by atomic mass is 19.4. The molecule has 0 aromatic heterocycles. The molecule has 13 heteroatoms. The predicted octanol–water partition coefficient (Wildman–Crippen LogP) is 0.692. The van der Waals surface area contributed by atoms with Gasteiger partial charge >= 0.3 is 18.1 Å². The van der Waals surface area contributed by atoms with E-state index in [0.717, 1.165) is 0 Å². The van der Waals surface area contributed by atoms with Crippen LogP contribution in [0.15, 0.2) is 24.3 Å². The maximum Gasteiger partial charge on any atom is 0.490 e. The van der Waals surface area contributed by atoms with Gasteiger partial charge in [0, 0.05) is 5.56 Å². The van der Waals surface area contributed by atoms with Crippen LogP contribution in [0, 0.1) is 0 Å². The Morgan fingerprint density at radius 3 is 2.30 bits per heavy atom. The van der Waals surface area contributed by atoms with Gasteiger partial charge in [-0.1, -0.05) is 0 Å². The van der Waals surface area contributed by atoms with E-state index in [4.69, 9.17) is 14.6 Å². The molecule has 1 aromatic rings. The van der Waals surface area contributed by atoms with Crippen molar-refractivity contribution < 1.29 is 51.7 Å². The number of benzene rings is 1. The Bertz CT molecular complexity index is 839. The van der Waals surface area contributed by atoms with Crippen molar-refractivity contribution in [2.24, 2.45) is 0 Å². The highest BCUT2D eigenvalue weighted by Gasteiger charge is 2.41. The van der Waals surface area contributed by atoms with Gasteiger partial charge in [0.15, 0.2) is 12.4 Å². The molecular weight excluding hydrogens is 453 g/mol. The quantitative estimate of drug-likeness (QED) is 0.311. The minimum Gasteiger partial charge on any atom is -0.482 e. The Labute approximate surface area is 186 Å². The molecule has 1 fully saturated rings. The van der Waals surface area contributed by atoms with Crippen LogP contribution in [0.4, 0.5) is 13.2 Å². The third kappa shape index (κ3) is 9.06. The minimum atomic E-state index is -5.27. The monoisotopic (exact) mass is 476 g/mol. The number of carboxylic acids is 1. The second-order valence-electron chi connectivity index (χ2n) is 7.05. The van der Waals surface area contributed by atoms with Crippen LogP contribution in [-0.2, 0) is 23.9 Å². The molecule has 1 heterocycles. The van der Waals surface area contributed by atoms with Crippen molar-refractivity contribution in [2.45, 2.75) is 31.2 Å². The van der Waals surface area contributed by atoms with Gasteiger partial charge in [-0.15, -0.1) is 0 Å². The molecule has 1 aliphatic rings. The van der Waals surface area contributed by atoms with Crippen molar-refractivity contribution in [1.29, 1.82) is 0 Å². The summed E-state index contributed by atoms with van der Waals surface area (Å²) in [6.45, 7) is -0.659. The third-order valence-electron chi connectivity index (χ3n) is 4.50. The summed E-state index contributed by atoms with van der Waals surface area (Å²) < 4.78 is 51.9. The third-order valence-corrected chi connectivity index (χ3v) is 4.50. The van der Waals surface area contributed by atoms with E-state index in [1.807, 2.05) is 0 Å². The predicted molar refractivity (Wildman–Crippen MR) is 105 cm³/mol. The van der Waals surface area contributed by atoms with Gasteiger partial charge in [0.05, 0.1) is 6.10 Å². The topological polar surface area (TPSA) is 140 Å². The fourth-order valence-electron chi connectivity index (χ4n) is 2.88. The lowest BCUT2D eigenvalue weighted by Gasteiger charge is -2.23. The zero-order valence-electron chi connectivity index (χ0n) is 17.4. The first kappa shape index (κ1) is 26.1. The molecule has 1 aliphatic heterocycles. The number of piperidine rings is 1. The Morgan fingerprint density at radius 2 is 1.73 bits per heavy atom. The molecule has 0 bridgehead atoms. The SMILES string of the molecule is O=C(O)COc1ccc(C(=O)[C@H](COC(=O)C(F)(F)F)NC(=O)COC2CCNCC2)cc1. The summed E-state index contributed by atoms with van der Waals surface area (Å²) >= 11 is 0. The number of hydrogen-bond donors (Lipinski definition) is 3. The average molecular weight is 476 g/mol. The number of carboxylic acid groups (broad SMARTS) is 1. The minimum absolute atomic E-state index is 0.0368. The number of ketones is 1. The van der Waals surface area contributed by atoms with E-state index in [9.17, 15) is 32.3 Å². The molecule has 3 N–H and O–H groups in total. The van der Waals surface area contributed by atoms with Crippen molar-refractivity contribution in [1.82, 2.24) is 10.6 Å². The van der Waals surface area contributed by atoms with Crippen molar-refractivity contribution in [2.75, 3.05) is 32.9 Å². The molecule has 33 heavy (non-hydrogen) atoms. The van der Waals surface area contributed by atoms with Gasteiger partial charge in [0.2, 0.25) is 5.91 Å². The molecule has 1 amide bonds. The van der Waals surface area contributed by atoms with E-state index in [0.29, 0.717) is 25.9 Å². The van der Waals surface area contributed by atoms with E-state index in [1.165, 1.54) is 24.3 Å². The van der Waals surface area contributed by atoms with Crippen molar-refractivity contribution >= 4 is 23.6 Å². The van der Waals surface area contributed by atoms with Crippen LogP contribution in [0.1, 0.15) is 23.2 Å². The number of aliphatic carboxylic acids is 1. The summed E-state index contributed by atoms with van der Waals surface area (Å²) in [6, 6.07) is 3.41. The Kier molecular flexibility index (Phi) is 9.60. The Balaban J connectivity index is 2.03. The summed E-state index contributed by atoms with van der Waals surface area (Å²) in [5, 5.41) is 14.0. The van der Waals surface area contributed by atoms with Crippen LogP contribution in [0.2, 0.25) is 0 Å². The fourth-order valence-corrected chi connectivity index (χ4v) is 2.88. The molecular formula is C20H23F3N2O8. The van der Waals surface area contributed by atoms with E-state index >= 15 is 0 Å². The highest BCUT2D eigenvalue weighted by Crippen LogP contribution is 2.18. The number of hydrogen-bond acceptors (Lipinski definition) is 8.